The second-order valence-corrected chi connectivity index (χ2v) is 9.31. The largest absolute Gasteiger partial charge is 0.193 e. The molecule has 0 aromatic heterocycles. The lowest BCUT2D eigenvalue weighted by Gasteiger charge is -2.60. The molecule has 23 heavy (non-hydrogen) atoms. The van der Waals surface area contributed by atoms with Crippen LogP contribution in [0.25, 0.3) is 0 Å². The molecule has 1 heteroatoms. The van der Waals surface area contributed by atoms with Crippen molar-refractivity contribution in [3.05, 3.63) is 23.3 Å². The highest BCUT2D eigenvalue weighted by Crippen LogP contribution is 2.68. The van der Waals surface area contributed by atoms with Crippen LogP contribution in [-0.2, 0) is 0 Å². The van der Waals surface area contributed by atoms with Gasteiger partial charge in [0.15, 0.2) is 0 Å². The fourth-order valence-electron chi connectivity index (χ4n) is 7.62. The Bertz CT molecular complexity index is 606. The Labute approximate surface area is 141 Å². The fraction of sp³-hybridized carbons (Fsp3) is 0.773. The van der Waals surface area contributed by atoms with Crippen molar-refractivity contribution in [3.8, 4) is 6.07 Å². The van der Waals surface area contributed by atoms with E-state index >= 15 is 0 Å². The molecule has 4 aliphatic rings. The number of nitrogens with zero attached hydrogens (tertiary/aromatic N) is 1. The van der Waals surface area contributed by atoms with Gasteiger partial charge in [0.1, 0.15) is 0 Å². The van der Waals surface area contributed by atoms with Crippen LogP contribution >= 0.6 is 0 Å². The molecule has 4 rings (SSSR count). The monoisotopic (exact) mass is 309 g/mol. The summed E-state index contributed by atoms with van der Waals surface area (Å²) in [6.07, 6.45) is 15.1. The Morgan fingerprint density at radius 1 is 1.22 bits per heavy atom. The van der Waals surface area contributed by atoms with Crippen molar-refractivity contribution in [3.63, 3.8) is 0 Å². The summed E-state index contributed by atoms with van der Waals surface area (Å²) in [4.78, 5) is 0. The van der Waals surface area contributed by atoms with E-state index in [9.17, 15) is 5.26 Å². The van der Waals surface area contributed by atoms with Crippen molar-refractivity contribution in [2.24, 2.45) is 34.5 Å². The molecule has 0 amide bonds. The zero-order chi connectivity index (χ0) is 16.2. The lowest BCUT2D eigenvalue weighted by molar-refractivity contribution is -0.0621. The molecule has 0 aromatic carbocycles. The van der Waals surface area contributed by atoms with Crippen LogP contribution in [0.4, 0.5) is 0 Å². The van der Waals surface area contributed by atoms with Crippen LogP contribution < -0.4 is 0 Å². The van der Waals surface area contributed by atoms with Gasteiger partial charge in [0, 0.05) is 6.08 Å². The van der Waals surface area contributed by atoms with E-state index in [4.69, 9.17) is 0 Å². The minimum absolute atomic E-state index is 0.308. The smallest absolute Gasteiger partial charge is 0.0911 e. The fourth-order valence-corrected chi connectivity index (χ4v) is 7.62. The van der Waals surface area contributed by atoms with Crippen molar-refractivity contribution < 1.29 is 0 Å². The van der Waals surface area contributed by atoms with Gasteiger partial charge in [-0.05, 0) is 85.9 Å². The van der Waals surface area contributed by atoms with E-state index in [-0.39, 0.29) is 0 Å². The van der Waals surface area contributed by atoms with Crippen LogP contribution in [0.3, 0.4) is 0 Å². The Morgan fingerprint density at radius 2 is 2.04 bits per heavy atom. The van der Waals surface area contributed by atoms with Gasteiger partial charge in [-0.25, -0.2) is 0 Å². The molecule has 3 fully saturated rings. The van der Waals surface area contributed by atoms with Gasteiger partial charge in [-0.15, -0.1) is 0 Å². The number of nitriles is 1. The molecule has 0 N–H and O–H groups in total. The predicted molar refractivity (Wildman–Crippen MR) is 94.6 cm³/mol. The molecular formula is C22H31N. The third kappa shape index (κ3) is 2.03. The predicted octanol–water partition coefficient (Wildman–Crippen LogP) is 6.04. The molecule has 0 heterocycles. The topological polar surface area (TPSA) is 23.8 Å². The number of allylic oxidation sites excluding steroid dienone is 4. The number of hydrogen-bond acceptors (Lipinski definition) is 1. The van der Waals surface area contributed by atoms with E-state index in [0.29, 0.717) is 10.8 Å². The first kappa shape index (κ1) is 15.5. The highest BCUT2D eigenvalue weighted by Gasteiger charge is 2.59. The van der Waals surface area contributed by atoms with Gasteiger partial charge in [0.05, 0.1) is 6.07 Å². The summed E-state index contributed by atoms with van der Waals surface area (Å²) < 4.78 is 0. The Hall–Kier alpha value is -1.03. The van der Waals surface area contributed by atoms with Crippen LogP contribution in [0, 0.1) is 45.8 Å². The van der Waals surface area contributed by atoms with Crippen molar-refractivity contribution in [2.45, 2.75) is 72.1 Å². The van der Waals surface area contributed by atoms with Gasteiger partial charge in [-0.1, -0.05) is 38.0 Å². The molecule has 0 aliphatic heterocycles. The van der Waals surface area contributed by atoms with Gasteiger partial charge in [0.2, 0.25) is 0 Å². The zero-order valence-electron chi connectivity index (χ0n) is 15.1. The third-order valence-corrected chi connectivity index (χ3v) is 8.36. The molecule has 0 spiro atoms. The quantitative estimate of drug-likeness (QED) is 0.395. The van der Waals surface area contributed by atoms with Gasteiger partial charge < -0.3 is 0 Å². The first-order chi connectivity index (χ1) is 11.0. The van der Waals surface area contributed by atoms with Gasteiger partial charge in [-0.2, -0.15) is 5.26 Å². The molecule has 0 aromatic rings. The van der Waals surface area contributed by atoms with Crippen molar-refractivity contribution in [1.82, 2.24) is 0 Å². The van der Waals surface area contributed by atoms with E-state index in [0.717, 1.165) is 23.7 Å². The maximum atomic E-state index is 9.19. The molecule has 0 saturated heterocycles. The minimum atomic E-state index is 0.308. The van der Waals surface area contributed by atoms with Crippen molar-refractivity contribution in [1.29, 1.82) is 5.26 Å². The summed E-state index contributed by atoms with van der Waals surface area (Å²) in [6, 6.07) is 2.34. The second kappa shape index (κ2) is 5.23. The lowest BCUT2D eigenvalue weighted by atomic mass is 9.44. The molecule has 0 radical (unpaired) electrons. The zero-order valence-corrected chi connectivity index (χ0v) is 15.1. The van der Waals surface area contributed by atoms with Crippen LogP contribution in [0.5, 0.6) is 0 Å². The molecule has 124 valence electrons. The van der Waals surface area contributed by atoms with Crippen LogP contribution in [0.2, 0.25) is 0 Å². The van der Waals surface area contributed by atoms with Gasteiger partial charge >= 0.3 is 0 Å². The van der Waals surface area contributed by atoms with E-state index in [1.165, 1.54) is 56.9 Å². The molecule has 0 bridgehead atoms. The molecule has 6 atom stereocenters. The average molecular weight is 309 g/mol. The normalized spacial score (nSPS) is 50.5. The maximum absolute atomic E-state index is 9.19. The SMILES string of the molecule is C[C@H]1C[C@]2(C)/C(=C\C#N)CCC2[C@@H]2CCC3=CCCCC3(C)C21. The summed E-state index contributed by atoms with van der Waals surface area (Å²) >= 11 is 0. The van der Waals surface area contributed by atoms with Crippen molar-refractivity contribution in [2.75, 3.05) is 0 Å². The molecular weight excluding hydrogens is 278 g/mol. The molecule has 1 nitrogen and oxygen atoms in total. The summed E-state index contributed by atoms with van der Waals surface area (Å²) in [6.45, 7) is 7.59. The summed E-state index contributed by atoms with van der Waals surface area (Å²) in [5, 5.41) is 9.19. The standard InChI is InChI=1S/C22H31N/c1-15-14-22(3)17(11-13-23)8-10-19(22)18-9-7-16-6-4-5-12-21(16,2)20(15)18/h6,11,15,18-20H,4-5,7-10,12,14H2,1-3H3/b17-11-/t15-,18-,19?,20?,21?,22+/m0/s1. The maximum Gasteiger partial charge on any atom is 0.0911 e. The first-order valence-electron chi connectivity index (χ1n) is 9.79. The highest BCUT2D eigenvalue weighted by molar-refractivity contribution is 5.31. The van der Waals surface area contributed by atoms with Crippen LogP contribution in [0.1, 0.15) is 72.1 Å². The van der Waals surface area contributed by atoms with Crippen molar-refractivity contribution >= 4 is 0 Å². The van der Waals surface area contributed by atoms with E-state index in [1.54, 1.807) is 5.57 Å². The number of rotatable bonds is 0. The second-order valence-electron chi connectivity index (χ2n) is 9.31. The summed E-state index contributed by atoms with van der Waals surface area (Å²) in [7, 11) is 0. The Morgan fingerprint density at radius 3 is 2.83 bits per heavy atom. The number of fused-ring (bicyclic) bond motifs is 5. The van der Waals surface area contributed by atoms with E-state index in [1.807, 2.05) is 6.08 Å². The lowest BCUT2D eigenvalue weighted by Crippen LogP contribution is -2.52. The van der Waals surface area contributed by atoms with E-state index < -0.39 is 0 Å². The molecule has 3 unspecified atom stereocenters. The molecule has 4 aliphatic carbocycles. The van der Waals surface area contributed by atoms with Crippen LogP contribution in [0.15, 0.2) is 23.3 Å². The summed E-state index contributed by atoms with van der Waals surface area (Å²) in [5.41, 5.74) is 4.04. The Kier molecular flexibility index (Phi) is 3.53. The summed E-state index contributed by atoms with van der Waals surface area (Å²) in [5.74, 6) is 3.37. The highest BCUT2D eigenvalue weighted by atomic mass is 14.6. The average Bonchev–Trinajstić information content (AvgIpc) is 2.83. The third-order valence-electron chi connectivity index (χ3n) is 8.36. The van der Waals surface area contributed by atoms with E-state index in [2.05, 4.69) is 32.9 Å². The first-order valence-corrected chi connectivity index (χ1v) is 9.79. The van der Waals surface area contributed by atoms with Gasteiger partial charge in [0.25, 0.3) is 0 Å². The Balaban J connectivity index is 1.74. The van der Waals surface area contributed by atoms with Crippen LogP contribution in [-0.4, -0.2) is 0 Å². The number of hydrogen-bond donors (Lipinski definition) is 0. The van der Waals surface area contributed by atoms with Gasteiger partial charge in [-0.3, -0.25) is 0 Å². The minimum Gasteiger partial charge on any atom is -0.193 e. The molecule has 3 saturated carbocycles.